The van der Waals surface area contributed by atoms with Gasteiger partial charge in [0.1, 0.15) is 11.3 Å². The Morgan fingerprint density at radius 1 is 0.958 bits per heavy atom. The van der Waals surface area contributed by atoms with Gasteiger partial charge in [-0.25, -0.2) is 14.8 Å². The molecule has 24 heavy (non-hydrogen) atoms. The Morgan fingerprint density at radius 2 is 1.79 bits per heavy atom. The van der Waals surface area contributed by atoms with Gasteiger partial charge in [-0.3, -0.25) is 4.57 Å². The number of nitrogens with zero attached hydrogens (tertiary/aromatic N) is 3. The van der Waals surface area contributed by atoms with Crippen molar-refractivity contribution < 1.29 is 9.90 Å². The lowest BCUT2D eigenvalue weighted by atomic mass is 10.2. The number of rotatable bonds is 3. The number of aromatic carboxylic acids is 1. The Labute approximate surface area is 137 Å². The predicted octanol–water partition coefficient (Wildman–Crippen LogP) is 3.79. The SMILES string of the molecule is O=C(O)c1cccc(-n2c(-c3ccccc3)nc3cccnc32)c1. The molecule has 0 amide bonds. The Kier molecular flexibility index (Phi) is 3.31. The number of carbonyl (C=O) groups is 1. The summed E-state index contributed by atoms with van der Waals surface area (Å²) in [4.78, 5) is 20.4. The van der Waals surface area contributed by atoms with Crippen LogP contribution in [0.5, 0.6) is 0 Å². The molecule has 4 aromatic rings. The third-order valence-corrected chi connectivity index (χ3v) is 3.80. The average molecular weight is 315 g/mol. The second kappa shape index (κ2) is 5.62. The molecule has 0 fully saturated rings. The molecule has 2 aromatic carbocycles. The number of hydrogen-bond donors (Lipinski definition) is 1. The number of fused-ring (bicyclic) bond motifs is 1. The molecule has 0 aliphatic carbocycles. The quantitative estimate of drug-likeness (QED) is 0.624. The zero-order valence-electron chi connectivity index (χ0n) is 12.6. The van der Waals surface area contributed by atoms with Crippen molar-refractivity contribution in [2.45, 2.75) is 0 Å². The lowest BCUT2D eigenvalue weighted by Gasteiger charge is -2.09. The zero-order valence-corrected chi connectivity index (χ0v) is 12.6. The van der Waals surface area contributed by atoms with E-state index in [0.717, 1.165) is 22.6 Å². The molecule has 2 heterocycles. The molecule has 2 aromatic heterocycles. The number of benzene rings is 2. The summed E-state index contributed by atoms with van der Waals surface area (Å²) in [5, 5.41) is 9.27. The molecule has 0 unspecified atom stereocenters. The minimum absolute atomic E-state index is 0.226. The largest absolute Gasteiger partial charge is 0.478 e. The maximum atomic E-state index is 11.3. The highest BCUT2D eigenvalue weighted by atomic mass is 16.4. The van der Waals surface area contributed by atoms with E-state index in [1.165, 1.54) is 0 Å². The maximum absolute atomic E-state index is 11.3. The summed E-state index contributed by atoms with van der Waals surface area (Å²) in [6.45, 7) is 0. The Morgan fingerprint density at radius 3 is 2.58 bits per heavy atom. The predicted molar refractivity (Wildman–Crippen MR) is 91.3 cm³/mol. The van der Waals surface area contributed by atoms with Crippen LogP contribution in [0.1, 0.15) is 10.4 Å². The summed E-state index contributed by atoms with van der Waals surface area (Å²) in [7, 11) is 0. The van der Waals surface area contributed by atoms with Gasteiger partial charge in [-0.2, -0.15) is 0 Å². The van der Waals surface area contributed by atoms with Crippen LogP contribution >= 0.6 is 0 Å². The van der Waals surface area contributed by atoms with Crippen molar-refractivity contribution in [2.24, 2.45) is 0 Å². The van der Waals surface area contributed by atoms with Crippen LogP contribution in [0.2, 0.25) is 0 Å². The summed E-state index contributed by atoms with van der Waals surface area (Å²) in [5.74, 6) is -0.234. The number of imidazole rings is 1. The van der Waals surface area contributed by atoms with Crippen LogP contribution in [0, 0.1) is 0 Å². The Balaban J connectivity index is 2.03. The lowest BCUT2D eigenvalue weighted by molar-refractivity contribution is 0.0697. The molecular weight excluding hydrogens is 302 g/mol. The zero-order chi connectivity index (χ0) is 16.5. The van der Waals surface area contributed by atoms with E-state index in [1.807, 2.05) is 53.1 Å². The summed E-state index contributed by atoms with van der Waals surface area (Å²) in [6, 6.07) is 20.3. The van der Waals surface area contributed by atoms with Crippen LogP contribution in [0.25, 0.3) is 28.2 Å². The Hall–Kier alpha value is -3.47. The lowest BCUT2D eigenvalue weighted by Crippen LogP contribution is -2.02. The van der Waals surface area contributed by atoms with Gasteiger partial charge in [-0.15, -0.1) is 0 Å². The third-order valence-electron chi connectivity index (χ3n) is 3.80. The number of aromatic nitrogens is 3. The second-order valence-electron chi connectivity index (χ2n) is 5.34. The van der Waals surface area contributed by atoms with Gasteiger partial charge in [0.05, 0.1) is 11.3 Å². The first-order valence-corrected chi connectivity index (χ1v) is 7.46. The summed E-state index contributed by atoms with van der Waals surface area (Å²) in [6.07, 6.45) is 1.70. The molecule has 0 spiro atoms. The fraction of sp³-hybridized carbons (Fsp3) is 0. The minimum atomic E-state index is -0.963. The van der Waals surface area contributed by atoms with Crippen molar-refractivity contribution in [1.82, 2.24) is 14.5 Å². The van der Waals surface area contributed by atoms with E-state index in [4.69, 9.17) is 0 Å². The van der Waals surface area contributed by atoms with E-state index in [1.54, 1.807) is 24.4 Å². The van der Waals surface area contributed by atoms with Gasteiger partial charge < -0.3 is 5.11 Å². The van der Waals surface area contributed by atoms with Crippen molar-refractivity contribution in [3.63, 3.8) is 0 Å². The average Bonchev–Trinajstić information content (AvgIpc) is 3.02. The molecule has 0 bridgehead atoms. The van der Waals surface area contributed by atoms with E-state index in [2.05, 4.69) is 9.97 Å². The number of pyridine rings is 1. The molecule has 0 saturated heterocycles. The second-order valence-corrected chi connectivity index (χ2v) is 5.34. The molecule has 0 aliphatic heterocycles. The molecule has 1 N–H and O–H groups in total. The van der Waals surface area contributed by atoms with Crippen LogP contribution in [0.15, 0.2) is 72.9 Å². The van der Waals surface area contributed by atoms with Gasteiger partial charge in [0.2, 0.25) is 0 Å². The van der Waals surface area contributed by atoms with E-state index < -0.39 is 5.97 Å². The van der Waals surface area contributed by atoms with Gasteiger partial charge >= 0.3 is 5.97 Å². The van der Waals surface area contributed by atoms with Crippen LogP contribution in [0.3, 0.4) is 0 Å². The fourth-order valence-corrected chi connectivity index (χ4v) is 2.72. The van der Waals surface area contributed by atoms with Crippen LogP contribution in [-0.2, 0) is 0 Å². The van der Waals surface area contributed by atoms with Gasteiger partial charge in [0.25, 0.3) is 0 Å². The van der Waals surface area contributed by atoms with Crippen LogP contribution in [0.4, 0.5) is 0 Å². The topological polar surface area (TPSA) is 68.0 Å². The van der Waals surface area contributed by atoms with E-state index in [-0.39, 0.29) is 5.56 Å². The first-order valence-electron chi connectivity index (χ1n) is 7.46. The van der Waals surface area contributed by atoms with E-state index >= 15 is 0 Å². The molecule has 0 aliphatic rings. The van der Waals surface area contributed by atoms with Crippen molar-refractivity contribution >= 4 is 17.1 Å². The number of carboxylic acids is 1. The third kappa shape index (κ3) is 2.32. The van der Waals surface area contributed by atoms with E-state index in [9.17, 15) is 9.90 Å². The number of hydrogen-bond acceptors (Lipinski definition) is 3. The first-order chi connectivity index (χ1) is 11.7. The molecule has 0 radical (unpaired) electrons. The van der Waals surface area contributed by atoms with Crippen molar-refractivity contribution in [2.75, 3.05) is 0 Å². The monoisotopic (exact) mass is 315 g/mol. The molecule has 116 valence electrons. The van der Waals surface area contributed by atoms with Gasteiger partial charge in [-0.05, 0) is 30.3 Å². The minimum Gasteiger partial charge on any atom is -0.478 e. The first kappa shape index (κ1) is 14.1. The highest BCUT2D eigenvalue weighted by molar-refractivity contribution is 5.89. The van der Waals surface area contributed by atoms with Gasteiger partial charge in [-0.1, -0.05) is 36.4 Å². The molecule has 0 atom stereocenters. The maximum Gasteiger partial charge on any atom is 0.335 e. The smallest absolute Gasteiger partial charge is 0.335 e. The van der Waals surface area contributed by atoms with Gasteiger partial charge in [0, 0.05) is 11.8 Å². The molecular formula is C19H13N3O2. The standard InChI is InChI=1S/C19H13N3O2/c23-19(24)14-8-4-9-15(12-14)22-17(13-6-2-1-3-7-13)21-16-10-5-11-20-18(16)22/h1-12H,(H,23,24). The normalized spacial score (nSPS) is 10.8. The van der Waals surface area contributed by atoms with Crippen molar-refractivity contribution in [3.05, 3.63) is 78.5 Å². The summed E-state index contributed by atoms with van der Waals surface area (Å²) in [5.41, 5.74) is 3.34. The highest BCUT2D eigenvalue weighted by Crippen LogP contribution is 2.27. The molecule has 0 saturated carbocycles. The number of carboxylic acid groups (broad SMARTS) is 1. The molecule has 5 heteroatoms. The van der Waals surface area contributed by atoms with Crippen molar-refractivity contribution in [1.29, 1.82) is 0 Å². The summed E-state index contributed by atoms with van der Waals surface area (Å²) >= 11 is 0. The van der Waals surface area contributed by atoms with Gasteiger partial charge in [0.15, 0.2) is 5.65 Å². The van der Waals surface area contributed by atoms with Crippen molar-refractivity contribution in [3.8, 4) is 17.1 Å². The van der Waals surface area contributed by atoms with Crippen LogP contribution < -0.4 is 0 Å². The van der Waals surface area contributed by atoms with Crippen LogP contribution in [-0.4, -0.2) is 25.6 Å². The molecule has 5 nitrogen and oxygen atoms in total. The Bertz CT molecular complexity index is 1040. The highest BCUT2D eigenvalue weighted by Gasteiger charge is 2.15. The summed E-state index contributed by atoms with van der Waals surface area (Å²) < 4.78 is 1.89. The molecule has 4 rings (SSSR count). The van der Waals surface area contributed by atoms with E-state index in [0.29, 0.717) is 5.65 Å². The fourth-order valence-electron chi connectivity index (χ4n) is 2.72.